The van der Waals surface area contributed by atoms with Crippen molar-refractivity contribution in [2.45, 2.75) is 33.8 Å². The number of nitrogens with one attached hydrogen (secondary N) is 1. The summed E-state index contributed by atoms with van der Waals surface area (Å²) in [4.78, 5) is 27.7. The SMILES string of the molecule is CCOC(=O)c1c(C)[nH]c(C(=O)[C@@H](C)Oc2cccc(C#N)c2)c1C. The average Bonchev–Trinajstić information content (AvgIpc) is 2.89. The van der Waals surface area contributed by atoms with Crippen LogP contribution in [0.3, 0.4) is 0 Å². The number of ketones is 1. The maximum absolute atomic E-state index is 12.7. The van der Waals surface area contributed by atoms with Crippen LogP contribution in [0.4, 0.5) is 0 Å². The van der Waals surface area contributed by atoms with Crippen molar-refractivity contribution in [3.05, 3.63) is 52.3 Å². The van der Waals surface area contributed by atoms with E-state index in [0.29, 0.717) is 33.8 Å². The van der Waals surface area contributed by atoms with Gasteiger partial charge in [-0.05, 0) is 51.5 Å². The maximum atomic E-state index is 12.7. The van der Waals surface area contributed by atoms with Gasteiger partial charge in [0.15, 0.2) is 6.10 Å². The number of rotatable bonds is 6. The highest BCUT2D eigenvalue weighted by Crippen LogP contribution is 2.22. The van der Waals surface area contributed by atoms with Gasteiger partial charge in [0.05, 0.1) is 29.5 Å². The fraction of sp³-hybridized carbons (Fsp3) is 0.316. The largest absolute Gasteiger partial charge is 0.482 e. The molecule has 0 spiro atoms. The van der Waals surface area contributed by atoms with Crippen LogP contribution in [0.5, 0.6) is 5.75 Å². The Labute approximate surface area is 146 Å². The van der Waals surface area contributed by atoms with Gasteiger partial charge in [0, 0.05) is 5.69 Å². The number of H-pyrrole nitrogens is 1. The summed E-state index contributed by atoms with van der Waals surface area (Å²) in [6.07, 6.45) is -0.777. The third-order valence-electron chi connectivity index (χ3n) is 3.81. The number of carbonyl (C=O) groups excluding carboxylic acids is 2. The number of aromatic nitrogens is 1. The van der Waals surface area contributed by atoms with Gasteiger partial charge in [-0.2, -0.15) is 5.26 Å². The van der Waals surface area contributed by atoms with Gasteiger partial charge in [0.1, 0.15) is 5.75 Å². The number of hydrogen-bond acceptors (Lipinski definition) is 5. The summed E-state index contributed by atoms with van der Waals surface area (Å²) in [6, 6.07) is 8.62. The molecule has 1 aromatic heterocycles. The third kappa shape index (κ3) is 3.89. The van der Waals surface area contributed by atoms with Crippen LogP contribution in [0.2, 0.25) is 0 Å². The number of aromatic amines is 1. The molecule has 0 bridgehead atoms. The van der Waals surface area contributed by atoms with Crippen molar-refractivity contribution >= 4 is 11.8 Å². The Morgan fingerprint density at radius 2 is 2.04 bits per heavy atom. The predicted molar refractivity (Wildman–Crippen MR) is 91.8 cm³/mol. The summed E-state index contributed by atoms with van der Waals surface area (Å²) in [5.74, 6) is -0.298. The topological polar surface area (TPSA) is 92.2 Å². The van der Waals surface area contributed by atoms with Gasteiger partial charge in [0.2, 0.25) is 5.78 Å². The Balaban J connectivity index is 2.24. The predicted octanol–water partition coefficient (Wildman–Crippen LogP) is 3.33. The Morgan fingerprint density at radius 1 is 1.32 bits per heavy atom. The van der Waals surface area contributed by atoms with Crippen molar-refractivity contribution in [2.24, 2.45) is 0 Å². The van der Waals surface area contributed by atoms with Gasteiger partial charge in [-0.1, -0.05) is 6.07 Å². The van der Waals surface area contributed by atoms with E-state index in [1.54, 1.807) is 52.0 Å². The molecule has 0 aliphatic carbocycles. The van der Waals surface area contributed by atoms with Crippen LogP contribution < -0.4 is 4.74 Å². The molecule has 1 heterocycles. The molecule has 1 atom stereocenters. The number of carbonyl (C=O) groups is 2. The maximum Gasteiger partial charge on any atom is 0.340 e. The standard InChI is InChI=1S/C19H20N2O4/c1-5-24-19(23)16-11(2)17(21-12(16)3)18(22)13(4)25-15-8-6-7-14(9-15)10-20/h6-9,13,21H,5H2,1-4H3/t13-/m1/s1. The van der Waals surface area contributed by atoms with Gasteiger partial charge in [0.25, 0.3) is 0 Å². The van der Waals surface area contributed by atoms with Gasteiger partial charge >= 0.3 is 5.97 Å². The first kappa shape index (κ1) is 18.3. The van der Waals surface area contributed by atoms with Crippen molar-refractivity contribution in [1.82, 2.24) is 4.98 Å². The van der Waals surface area contributed by atoms with Gasteiger partial charge in [-0.15, -0.1) is 0 Å². The smallest absolute Gasteiger partial charge is 0.340 e. The van der Waals surface area contributed by atoms with Gasteiger partial charge in [-0.25, -0.2) is 4.79 Å². The van der Waals surface area contributed by atoms with Crippen molar-refractivity contribution in [3.63, 3.8) is 0 Å². The minimum atomic E-state index is -0.777. The fourth-order valence-electron chi connectivity index (χ4n) is 2.61. The summed E-state index contributed by atoms with van der Waals surface area (Å²) in [7, 11) is 0. The van der Waals surface area contributed by atoms with Gasteiger partial charge in [-0.3, -0.25) is 4.79 Å². The lowest BCUT2D eigenvalue weighted by Crippen LogP contribution is -2.25. The fourth-order valence-corrected chi connectivity index (χ4v) is 2.61. The van der Waals surface area contributed by atoms with Gasteiger partial charge < -0.3 is 14.5 Å². The van der Waals surface area contributed by atoms with Crippen LogP contribution in [0.15, 0.2) is 24.3 Å². The first-order chi connectivity index (χ1) is 11.9. The number of esters is 1. The van der Waals surface area contributed by atoms with Crippen molar-refractivity contribution in [3.8, 4) is 11.8 Å². The Kier molecular flexibility index (Phi) is 5.60. The summed E-state index contributed by atoms with van der Waals surface area (Å²) in [5, 5.41) is 8.93. The normalized spacial score (nSPS) is 11.5. The first-order valence-electron chi connectivity index (χ1n) is 7.96. The molecule has 2 aromatic rings. The number of nitriles is 1. The highest BCUT2D eigenvalue weighted by atomic mass is 16.5. The molecule has 2 rings (SSSR count). The lowest BCUT2D eigenvalue weighted by molar-refractivity contribution is 0.0525. The lowest BCUT2D eigenvalue weighted by atomic mass is 10.1. The zero-order chi connectivity index (χ0) is 18.6. The van der Waals surface area contributed by atoms with E-state index in [4.69, 9.17) is 14.7 Å². The molecule has 25 heavy (non-hydrogen) atoms. The van der Waals surface area contributed by atoms with Crippen LogP contribution in [0.1, 0.15) is 51.5 Å². The second-order valence-electron chi connectivity index (χ2n) is 5.61. The second kappa shape index (κ2) is 7.67. The molecule has 0 radical (unpaired) electrons. The molecule has 1 N–H and O–H groups in total. The van der Waals surface area contributed by atoms with Crippen molar-refractivity contribution in [1.29, 1.82) is 5.26 Å². The van der Waals surface area contributed by atoms with Crippen LogP contribution >= 0.6 is 0 Å². The van der Waals surface area contributed by atoms with E-state index in [9.17, 15) is 9.59 Å². The summed E-state index contributed by atoms with van der Waals surface area (Å²) in [5.41, 5.74) is 2.28. The number of Topliss-reactive ketones (excluding diaryl/α,β-unsaturated/α-hetero) is 1. The molecular weight excluding hydrogens is 320 g/mol. The Morgan fingerprint density at radius 3 is 2.68 bits per heavy atom. The number of aryl methyl sites for hydroxylation is 1. The van der Waals surface area contributed by atoms with Crippen LogP contribution in [0.25, 0.3) is 0 Å². The van der Waals surface area contributed by atoms with Crippen molar-refractivity contribution in [2.75, 3.05) is 6.61 Å². The summed E-state index contributed by atoms with van der Waals surface area (Å²) < 4.78 is 10.7. The van der Waals surface area contributed by atoms with E-state index >= 15 is 0 Å². The van der Waals surface area contributed by atoms with Crippen LogP contribution in [0, 0.1) is 25.2 Å². The zero-order valence-electron chi connectivity index (χ0n) is 14.7. The van der Waals surface area contributed by atoms with E-state index in [1.807, 2.05) is 6.07 Å². The molecule has 0 saturated heterocycles. The first-order valence-corrected chi connectivity index (χ1v) is 7.96. The molecule has 0 amide bonds. The highest BCUT2D eigenvalue weighted by Gasteiger charge is 2.26. The minimum Gasteiger partial charge on any atom is -0.482 e. The van der Waals surface area contributed by atoms with E-state index in [1.165, 1.54) is 0 Å². The highest BCUT2D eigenvalue weighted by molar-refractivity contribution is 6.03. The number of nitrogens with zero attached hydrogens (tertiary/aromatic N) is 1. The second-order valence-corrected chi connectivity index (χ2v) is 5.61. The molecule has 0 aliphatic rings. The zero-order valence-corrected chi connectivity index (χ0v) is 14.7. The molecular formula is C19H20N2O4. The molecule has 0 fully saturated rings. The van der Waals surface area contributed by atoms with Crippen LogP contribution in [-0.4, -0.2) is 29.4 Å². The third-order valence-corrected chi connectivity index (χ3v) is 3.81. The average molecular weight is 340 g/mol. The number of ether oxygens (including phenoxy) is 2. The molecule has 6 nitrogen and oxygen atoms in total. The monoisotopic (exact) mass is 340 g/mol. The Bertz CT molecular complexity index is 846. The number of benzene rings is 1. The van der Waals surface area contributed by atoms with E-state index < -0.39 is 12.1 Å². The molecule has 130 valence electrons. The number of hydrogen-bond donors (Lipinski definition) is 1. The van der Waals surface area contributed by atoms with E-state index in [-0.39, 0.29) is 12.4 Å². The minimum absolute atomic E-state index is 0.265. The molecule has 6 heteroatoms. The van der Waals surface area contributed by atoms with Crippen molar-refractivity contribution < 1.29 is 19.1 Å². The summed E-state index contributed by atoms with van der Waals surface area (Å²) in [6.45, 7) is 7.04. The quantitative estimate of drug-likeness (QED) is 0.643. The molecule has 0 unspecified atom stereocenters. The summed E-state index contributed by atoms with van der Waals surface area (Å²) >= 11 is 0. The lowest BCUT2D eigenvalue weighted by Gasteiger charge is -2.13. The molecule has 0 aliphatic heterocycles. The molecule has 0 saturated carbocycles. The molecule has 1 aromatic carbocycles. The van der Waals surface area contributed by atoms with E-state index in [2.05, 4.69) is 4.98 Å². The van der Waals surface area contributed by atoms with E-state index in [0.717, 1.165) is 0 Å². The Hall–Kier alpha value is -3.07. The van der Waals surface area contributed by atoms with Crippen LogP contribution in [-0.2, 0) is 4.74 Å².